The summed E-state index contributed by atoms with van der Waals surface area (Å²) in [5.41, 5.74) is 1.78. The summed E-state index contributed by atoms with van der Waals surface area (Å²) < 4.78 is 11.1. The van der Waals surface area contributed by atoms with Crippen molar-refractivity contribution in [2.45, 2.75) is 20.0 Å². The molecular weight excluding hydrogens is 240 g/mol. The van der Waals surface area contributed by atoms with Crippen molar-refractivity contribution in [2.24, 2.45) is 0 Å². The lowest BCUT2D eigenvalue weighted by atomic mass is 10.1. The number of benzene rings is 2. The van der Waals surface area contributed by atoms with E-state index in [1.54, 1.807) is 14.0 Å². The minimum Gasteiger partial charge on any atom is -0.496 e. The number of hydrogen-bond donors (Lipinski definition) is 1. The Balaban J connectivity index is 2.39. The molecule has 2 aromatic carbocycles. The number of methoxy groups -OCH3 is 1. The van der Waals surface area contributed by atoms with Crippen molar-refractivity contribution in [2.75, 3.05) is 7.11 Å². The van der Waals surface area contributed by atoms with Crippen LogP contribution in [-0.2, 0) is 0 Å². The van der Waals surface area contributed by atoms with Gasteiger partial charge in [0.05, 0.1) is 18.8 Å². The number of ether oxygens (including phenoxy) is 2. The Hall–Kier alpha value is -2.00. The Bertz CT molecular complexity index is 562. The molecule has 0 heterocycles. The van der Waals surface area contributed by atoms with Gasteiger partial charge in [0.15, 0.2) is 0 Å². The second-order valence-electron chi connectivity index (χ2n) is 4.47. The Morgan fingerprint density at radius 3 is 2.37 bits per heavy atom. The van der Waals surface area contributed by atoms with Crippen molar-refractivity contribution in [3.63, 3.8) is 0 Å². The van der Waals surface area contributed by atoms with E-state index in [9.17, 15) is 5.11 Å². The van der Waals surface area contributed by atoms with Gasteiger partial charge in [-0.3, -0.25) is 0 Å². The fourth-order valence-corrected chi connectivity index (χ4v) is 2.01. The van der Waals surface area contributed by atoms with E-state index in [4.69, 9.17) is 9.47 Å². The van der Waals surface area contributed by atoms with Crippen molar-refractivity contribution >= 4 is 0 Å². The largest absolute Gasteiger partial charge is 0.496 e. The second-order valence-corrected chi connectivity index (χ2v) is 4.47. The van der Waals surface area contributed by atoms with E-state index < -0.39 is 6.10 Å². The summed E-state index contributed by atoms with van der Waals surface area (Å²) in [4.78, 5) is 0. The highest BCUT2D eigenvalue weighted by atomic mass is 16.5. The van der Waals surface area contributed by atoms with Gasteiger partial charge in [-0.25, -0.2) is 0 Å². The molecule has 0 aliphatic rings. The van der Waals surface area contributed by atoms with E-state index in [2.05, 4.69) is 0 Å². The molecule has 0 aliphatic heterocycles. The number of aliphatic hydroxyl groups is 1. The van der Waals surface area contributed by atoms with Crippen LogP contribution in [0.4, 0.5) is 0 Å². The first-order chi connectivity index (χ1) is 9.11. The number of aryl methyl sites for hydroxylation is 1. The van der Waals surface area contributed by atoms with Crippen molar-refractivity contribution < 1.29 is 14.6 Å². The number of rotatable bonds is 4. The molecule has 0 unspecified atom stereocenters. The van der Waals surface area contributed by atoms with E-state index in [1.807, 2.05) is 49.4 Å². The second kappa shape index (κ2) is 5.76. The summed E-state index contributed by atoms with van der Waals surface area (Å²) in [5, 5.41) is 9.89. The molecule has 19 heavy (non-hydrogen) atoms. The number of hydrogen-bond acceptors (Lipinski definition) is 3. The predicted molar refractivity (Wildman–Crippen MR) is 74.9 cm³/mol. The maximum absolute atomic E-state index is 9.89. The van der Waals surface area contributed by atoms with Crippen LogP contribution in [0.3, 0.4) is 0 Å². The van der Waals surface area contributed by atoms with Crippen LogP contribution in [0.5, 0.6) is 17.2 Å². The van der Waals surface area contributed by atoms with Crippen molar-refractivity contribution in [1.29, 1.82) is 0 Å². The molecule has 100 valence electrons. The van der Waals surface area contributed by atoms with Crippen LogP contribution in [-0.4, -0.2) is 12.2 Å². The minimum absolute atomic E-state index is 0.611. The first kappa shape index (κ1) is 13.4. The highest BCUT2D eigenvalue weighted by molar-refractivity contribution is 5.48. The van der Waals surface area contributed by atoms with Gasteiger partial charge in [-0.1, -0.05) is 18.2 Å². The van der Waals surface area contributed by atoms with Gasteiger partial charge in [0.1, 0.15) is 17.2 Å². The molecule has 0 saturated carbocycles. The Labute approximate surface area is 113 Å². The molecule has 0 aliphatic carbocycles. The molecule has 2 aromatic rings. The zero-order chi connectivity index (χ0) is 13.8. The van der Waals surface area contributed by atoms with Gasteiger partial charge >= 0.3 is 0 Å². The average molecular weight is 258 g/mol. The topological polar surface area (TPSA) is 38.7 Å². The summed E-state index contributed by atoms with van der Waals surface area (Å²) >= 11 is 0. The summed E-state index contributed by atoms with van der Waals surface area (Å²) in [6, 6.07) is 13.3. The van der Waals surface area contributed by atoms with Crippen LogP contribution in [0.25, 0.3) is 0 Å². The van der Waals surface area contributed by atoms with Crippen molar-refractivity contribution in [1.82, 2.24) is 0 Å². The van der Waals surface area contributed by atoms with Gasteiger partial charge in [-0.05, 0) is 43.7 Å². The monoisotopic (exact) mass is 258 g/mol. The van der Waals surface area contributed by atoms with E-state index in [0.29, 0.717) is 17.1 Å². The molecule has 0 aromatic heterocycles. The Kier molecular flexibility index (Phi) is 4.07. The number of aliphatic hydroxyl groups excluding tert-OH is 1. The summed E-state index contributed by atoms with van der Waals surface area (Å²) in [6.45, 7) is 3.70. The fourth-order valence-electron chi connectivity index (χ4n) is 2.01. The molecule has 0 amide bonds. The Morgan fingerprint density at radius 1 is 1.05 bits per heavy atom. The zero-order valence-electron chi connectivity index (χ0n) is 11.4. The molecule has 3 heteroatoms. The van der Waals surface area contributed by atoms with Gasteiger partial charge in [0, 0.05) is 0 Å². The van der Waals surface area contributed by atoms with E-state index in [0.717, 1.165) is 11.3 Å². The van der Waals surface area contributed by atoms with Gasteiger partial charge in [-0.15, -0.1) is 0 Å². The van der Waals surface area contributed by atoms with E-state index >= 15 is 0 Å². The van der Waals surface area contributed by atoms with Gasteiger partial charge in [-0.2, -0.15) is 0 Å². The van der Waals surface area contributed by atoms with Gasteiger partial charge in [0.25, 0.3) is 0 Å². The summed E-state index contributed by atoms with van der Waals surface area (Å²) in [6.07, 6.45) is -0.657. The van der Waals surface area contributed by atoms with Crippen LogP contribution in [0.1, 0.15) is 24.2 Å². The highest BCUT2D eigenvalue weighted by Gasteiger charge is 2.15. The maximum Gasteiger partial charge on any atom is 0.136 e. The molecule has 0 saturated heterocycles. The van der Waals surface area contributed by atoms with Crippen LogP contribution < -0.4 is 9.47 Å². The lowest BCUT2D eigenvalue weighted by molar-refractivity contribution is 0.190. The van der Waals surface area contributed by atoms with E-state index in [1.165, 1.54) is 0 Å². The maximum atomic E-state index is 9.89. The predicted octanol–water partition coefficient (Wildman–Crippen LogP) is 3.85. The third-order valence-electron chi connectivity index (χ3n) is 2.88. The third-order valence-corrected chi connectivity index (χ3v) is 2.88. The molecule has 2 rings (SSSR count). The normalized spacial score (nSPS) is 12.0. The molecule has 0 radical (unpaired) electrons. The van der Waals surface area contributed by atoms with Crippen molar-refractivity contribution in [3.8, 4) is 17.2 Å². The SMILES string of the molecule is COc1cccc(Oc2cccc(C)c2)c1[C@H](C)O. The molecule has 1 atom stereocenters. The quantitative estimate of drug-likeness (QED) is 0.905. The molecule has 0 fully saturated rings. The molecule has 3 nitrogen and oxygen atoms in total. The molecular formula is C16H18O3. The zero-order valence-corrected chi connectivity index (χ0v) is 11.4. The minimum atomic E-state index is -0.657. The fraction of sp³-hybridized carbons (Fsp3) is 0.250. The van der Waals surface area contributed by atoms with Gasteiger partial charge < -0.3 is 14.6 Å². The molecule has 0 bridgehead atoms. The summed E-state index contributed by atoms with van der Waals surface area (Å²) in [5.74, 6) is 1.98. The van der Waals surface area contributed by atoms with Crippen molar-refractivity contribution in [3.05, 3.63) is 53.6 Å². The smallest absolute Gasteiger partial charge is 0.136 e. The van der Waals surface area contributed by atoms with E-state index in [-0.39, 0.29) is 0 Å². The first-order valence-corrected chi connectivity index (χ1v) is 6.21. The first-order valence-electron chi connectivity index (χ1n) is 6.21. The standard InChI is InChI=1S/C16H18O3/c1-11-6-4-7-13(10-11)19-15-9-5-8-14(18-3)16(15)12(2)17/h4-10,12,17H,1-3H3/t12-/m0/s1. The lowest BCUT2D eigenvalue weighted by Gasteiger charge is -2.16. The molecule has 1 N–H and O–H groups in total. The third kappa shape index (κ3) is 3.06. The molecule has 0 spiro atoms. The lowest BCUT2D eigenvalue weighted by Crippen LogP contribution is -2.00. The Morgan fingerprint density at radius 2 is 1.74 bits per heavy atom. The average Bonchev–Trinajstić information content (AvgIpc) is 2.38. The highest BCUT2D eigenvalue weighted by Crippen LogP contribution is 2.36. The van der Waals surface area contributed by atoms with Crippen LogP contribution in [0.15, 0.2) is 42.5 Å². The van der Waals surface area contributed by atoms with Crippen LogP contribution in [0.2, 0.25) is 0 Å². The van der Waals surface area contributed by atoms with Gasteiger partial charge in [0.2, 0.25) is 0 Å². The van der Waals surface area contributed by atoms with Crippen LogP contribution in [0, 0.1) is 6.92 Å². The summed E-state index contributed by atoms with van der Waals surface area (Å²) in [7, 11) is 1.58. The van der Waals surface area contributed by atoms with Crippen LogP contribution >= 0.6 is 0 Å².